The second kappa shape index (κ2) is 8.97. The van der Waals surface area contributed by atoms with E-state index in [1.54, 1.807) is 23.9 Å². The highest BCUT2D eigenvalue weighted by Crippen LogP contribution is 2.27. The maximum atomic E-state index is 11.3. The minimum absolute atomic E-state index is 0.418. The number of carbonyl (C=O) groups is 1. The molecule has 3 aromatic carbocycles. The number of nitrogens with zero attached hydrogens (tertiary/aromatic N) is 3. The van der Waals surface area contributed by atoms with Gasteiger partial charge < -0.3 is 5.73 Å². The third kappa shape index (κ3) is 4.44. The van der Waals surface area contributed by atoms with Crippen molar-refractivity contribution in [1.29, 1.82) is 0 Å². The van der Waals surface area contributed by atoms with E-state index in [0.29, 0.717) is 17.7 Å². The van der Waals surface area contributed by atoms with Crippen LogP contribution in [0.25, 0.3) is 5.69 Å². The molecule has 0 spiro atoms. The van der Waals surface area contributed by atoms with Crippen molar-refractivity contribution in [3.8, 4) is 5.69 Å². The predicted molar refractivity (Wildman–Crippen MR) is 120 cm³/mol. The fourth-order valence-corrected chi connectivity index (χ4v) is 4.18. The Kier molecular flexibility index (Phi) is 5.95. The lowest BCUT2D eigenvalue weighted by Crippen LogP contribution is -2.10. The van der Waals surface area contributed by atoms with Gasteiger partial charge in [0.25, 0.3) is 0 Å². The molecule has 0 unspecified atom stereocenters. The van der Waals surface area contributed by atoms with Crippen LogP contribution in [-0.2, 0) is 12.2 Å². The van der Waals surface area contributed by atoms with Gasteiger partial charge >= 0.3 is 0 Å². The van der Waals surface area contributed by atoms with Crippen molar-refractivity contribution in [1.82, 2.24) is 14.8 Å². The number of benzene rings is 3. The lowest BCUT2D eigenvalue weighted by atomic mass is 10.1. The van der Waals surface area contributed by atoms with Crippen molar-refractivity contribution in [2.75, 3.05) is 0 Å². The molecule has 0 fully saturated rings. The molecule has 4 rings (SSSR count). The van der Waals surface area contributed by atoms with Gasteiger partial charge in [-0.3, -0.25) is 9.36 Å². The van der Waals surface area contributed by atoms with Gasteiger partial charge in [0.2, 0.25) is 5.91 Å². The summed E-state index contributed by atoms with van der Waals surface area (Å²) < 4.78 is 2.14. The number of nitrogens with two attached hydrogens (primary N) is 1. The molecule has 0 aliphatic rings. The molecule has 4 aromatic rings. The van der Waals surface area contributed by atoms with Crippen molar-refractivity contribution in [3.63, 3.8) is 0 Å². The molecule has 1 heterocycles. The maximum Gasteiger partial charge on any atom is 0.248 e. The van der Waals surface area contributed by atoms with Crippen LogP contribution in [0.1, 0.15) is 32.9 Å². The number of aryl methyl sites for hydroxylation is 1. The Balaban J connectivity index is 1.64. The molecule has 5 nitrogen and oxygen atoms in total. The highest BCUT2D eigenvalue weighted by Gasteiger charge is 2.16. The van der Waals surface area contributed by atoms with Crippen molar-refractivity contribution in [2.45, 2.75) is 24.3 Å². The van der Waals surface area contributed by atoms with Crippen LogP contribution in [0.4, 0.5) is 0 Å². The van der Waals surface area contributed by atoms with Crippen LogP contribution >= 0.6 is 11.8 Å². The number of carbonyl (C=O) groups excluding carboxylic acids is 1. The molecular formula is C24H22N4OS. The summed E-state index contributed by atoms with van der Waals surface area (Å²) in [6.07, 6.45) is 0.704. The Labute approximate surface area is 180 Å². The van der Waals surface area contributed by atoms with Crippen molar-refractivity contribution < 1.29 is 4.79 Å². The van der Waals surface area contributed by atoms with E-state index >= 15 is 0 Å². The highest BCUT2D eigenvalue weighted by molar-refractivity contribution is 7.98. The number of para-hydroxylation sites is 1. The van der Waals surface area contributed by atoms with Crippen LogP contribution in [0.15, 0.2) is 84.0 Å². The number of rotatable bonds is 7. The smallest absolute Gasteiger partial charge is 0.248 e. The van der Waals surface area contributed by atoms with Gasteiger partial charge in [0.05, 0.1) is 5.69 Å². The van der Waals surface area contributed by atoms with E-state index in [2.05, 4.69) is 46.0 Å². The zero-order chi connectivity index (χ0) is 20.9. The van der Waals surface area contributed by atoms with E-state index in [1.165, 1.54) is 11.1 Å². The van der Waals surface area contributed by atoms with Gasteiger partial charge in [-0.1, -0.05) is 72.4 Å². The monoisotopic (exact) mass is 414 g/mol. The highest BCUT2D eigenvalue weighted by atomic mass is 32.2. The lowest BCUT2D eigenvalue weighted by molar-refractivity contribution is 0.100. The summed E-state index contributed by atoms with van der Waals surface area (Å²) in [4.78, 5) is 11.3. The first-order valence-corrected chi connectivity index (χ1v) is 10.7. The number of primary amides is 1. The van der Waals surface area contributed by atoms with E-state index in [-0.39, 0.29) is 0 Å². The van der Waals surface area contributed by atoms with E-state index in [0.717, 1.165) is 22.2 Å². The van der Waals surface area contributed by atoms with E-state index in [9.17, 15) is 4.79 Å². The first kappa shape index (κ1) is 19.9. The van der Waals surface area contributed by atoms with Gasteiger partial charge in [0.1, 0.15) is 5.82 Å². The number of hydrogen-bond donors (Lipinski definition) is 1. The predicted octanol–water partition coefficient (Wildman–Crippen LogP) is 4.56. The third-order valence-corrected chi connectivity index (χ3v) is 5.87. The minimum atomic E-state index is -0.418. The third-order valence-electron chi connectivity index (χ3n) is 4.87. The zero-order valence-electron chi connectivity index (χ0n) is 16.7. The molecule has 30 heavy (non-hydrogen) atoms. The molecule has 1 aromatic heterocycles. The van der Waals surface area contributed by atoms with Crippen LogP contribution in [-0.4, -0.2) is 20.7 Å². The summed E-state index contributed by atoms with van der Waals surface area (Å²) >= 11 is 1.62. The summed E-state index contributed by atoms with van der Waals surface area (Å²) in [5, 5.41) is 9.84. The van der Waals surface area contributed by atoms with Crippen LogP contribution in [0.5, 0.6) is 0 Å². The van der Waals surface area contributed by atoms with Crippen LogP contribution in [0.3, 0.4) is 0 Å². The summed E-state index contributed by atoms with van der Waals surface area (Å²) in [5.41, 5.74) is 10.4. The molecule has 0 saturated carbocycles. The molecular weight excluding hydrogens is 392 g/mol. The second-order valence-electron chi connectivity index (χ2n) is 7.03. The van der Waals surface area contributed by atoms with E-state index < -0.39 is 5.91 Å². The van der Waals surface area contributed by atoms with Crippen LogP contribution in [0, 0.1) is 6.92 Å². The average Bonchev–Trinajstić information content (AvgIpc) is 3.15. The van der Waals surface area contributed by atoms with Gasteiger partial charge in [-0.25, -0.2) is 0 Å². The molecule has 0 atom stereocenters. The fraction of sp³-hybridized carbons (Fsp3) is 0.125. The molecule has 6 heteroatoms. The maximum absolute atomic E-state index is 11.3. The summed E-state index contributed by atoms with van der Waals surface area (Å²) in [6.45, 7) is 2.10. The Morgan fingerprint density at radius 3 is 2.30 bits per heavy atom. The lowest BCUT2D eigenvalue weighted by Gasteiger charge is -2.13. The van der Waals surface area contributed by atoms with E-state index in [1.807, 2.05) is 42.5 Å². The summed E-state index contributed by atoms with van der Waals surface area (Å²) in [6, 6.07) is 25.9. The van der Waals surface area contributed by atoms with Gasteiger partial charge in [0, 0.05) is 17.7 Å². The van der Waals surface area contributed by atoms with Gasteiger partial charge in [0.15, 0.2) is 5.16 Å². The second-order valence-corrected chi connectivity index (χ2v) is 7.98. The zero-order valence-corrected chi connectivity index (χ0v) is 17.5. The van der Waals surface area contributed by atoms with Gasteiger partial charge in [-0.15, -0.1) is 10.2 Å². The Morgan fingerprint density at radius 2 is 1.60 bits per heavy atom. The quantitative estimate of drug-likeness (QED) is 0.450. The minimum Gasteiger partial charge on any atom is -0.366 e. The normalized spacial score (nSPS) is 10.8. The molecule has 2 N–H and O–H groups in total. The van der Waals surface area contributed by atoms with Crippen molar-refractivity contribution in [2.24, 2.45) is 5.73 Å². The summed E-state index contributed by atoms with van der Waals surface area (Å²) in [7, 11) is 0. The van der Waals surface area contributed by atoms with E-state index in [4.69, 9.17) is 5.73 Å². The number of hydrogen-bond acceptors (Lipinski definition) is 4. The molecule has 0 radical (unpaired) electrons. The number of aromatic nitrogens is 3. The molecule has 1 amide bonds. The Hall–Kier alpha value is -3.38. The molecule has 0 saturated heterocycles. The Morgan fingerprint density at radius 1 is 0.900 bits per heavy atom. The van der Waals surface area contributed by atoms with Crippen LogP contribution < -0.4 is 5.73 Å². The fourth-order valence-electron chi connectivity index (χ4n) is 3.26. The molecule has 0 bridgehead atoms. The van der Waals surface area contributed by atoms with Crippen molar-refractivity contribution >= 4 is 17.7 Å². The van der Waals surface area contributed by atoms with Crippen molar-refractivity contribution in [3.05, 3.63) is 107 Å². The number of thioether (sulfide) groups is 1. The first-order chi connectivity index (χ1) is 14.6. The molecule has 0 aliphatic carbocycles. The van der Waals surface area contributed by atoms with Gasteiger partial charge in [-0.05, 0) is 41.8 Å². The first-order valence-electron chi connectivity index (χ1n) is 9.67. The Bertz CT molecular complexity index is 1150. The van der Waals surface area contributed by atoms with Gasteiger partial charge in [-0.2, -0.15) is 0 Å². The van der Waals surface area contributed by atoms with Crippen LogP contribution in [0.2, 0.25) is 0 Å². The molecule has 0 aliphatic heterocycles. The average molecular weight is 415 g/mol. The SMILES string of the molecule is Cc1ccccc1-n1c(Cc2ccccc2)nnc1SCc1ccc(C(N)=O)cc1. The largest absolute Gasteiger partial charge is 0.366 e. The molecule has 150 valence electrons. The number of amides is 1. The summed E-state index contributed by atoms with van der Waals surface area (Å²) in [5.74, 6) is 1.20. The topological polar surface area (TPSA) is 73.8 Å². The standard InChI is InChI=1S/C24H22N4OS/c1-17-7-5-6-10-21(17)28-22(15-18-8-3-2-4-9-18)26-27-24(28)30-16-19-11-13-20(14-12-19)23(25)29/h2-14H,15-16H2,1H3,(H2,25,29).